The van der Waals surface area contributed by atoms with Gasteiger partial charge in [0, 0.05) is 4.91 Å². The number of hydrogen-bond donors (Lipinski definition) is 0. The fourth-order valence-corrected chi connectivity index (χ4v) is 3.00. The second-order valence-electron chi connectivity index (χ2n) is 5.90. The molecular formula is C20H20N2O2. The van der Waals surface area contributed by atoms with Crippen molar-refractivity contribution in [3.8, 4) is 22.5 Å². The lowest BCUT2D eigenvalue weighted by Crippen LogP contribution is -2.28. The van der Waals surface area contributed by atoms with E-state index in [-0.39, 0.29) is 0 Å². The molecular weight excluding hydrogens is 300 g/mol. The van der Waals surface area contributed by atoms with Crippen molar-refractivity contribution in [1.29, 1.82) is 0 Å². The number of rotatable bonds is 3. The van der Waals surface area contributed by atoms with Gasteiger partial charge in [-0.2, -0.15) is 0 Å². The molecule has 0 N–H and O–H groups in total. The highest BCUT2D eigenvalue weighted by molar-refractivity contribution is 5.64. The number of benzene rings is 2. The SMILES string of the molecule is CCc1c(-c2ccccc2)[n+](=O)c(-c2ccc(C)cc2)c(C)n1[O-]. The molecule has 0 unspecified atom stereocenters. The molecule has 4 nitrogen and oxygen atoms in total. The van der Waals surface area contributed by atoms with Crippen molar-refractivity contribution in [3.63, 3.8) is 0 Å². The molecule has 0 atom stereocenters. The molecule has 0 radical (unpaired) electrons. The Balaban J connectivity index is 2.38. The van der Waals surface area contributed by atoms with E-state index in [9.17, 15) is 10.1 Å². The van der Waals surface area contributed by atoms with Gasteiger partial charge < -0.3 is 9.94 Å². The normalized spacial score (nSPS) is 10.8. The Morgan fingerprint density at radius 1 is 0.917 bits per heavy atom. The van der Waals surface area contributed by atoms with E-state index >= 15 is 0 Å². The molecule has 0 amide bonds. The molecule has 0 saturated carbocycles. The van der Waals surface area contributed by atoms with E-state index in [1.54, 1.807) is 6.92 Å². The Morgan fingerprint density at radius 2 is 1.50 bits per heavy atom. The lowest BCUT2D eigenvalue weighted by atomic mass is 10.0. The Morgan fingerprint density at radius 3 is 2.08 bits per heavy atom. The van der Waals surface area contributed by atoms with Crippen LogP contribution >= 0.6 is 0 Å². The second-order valence-corrected chi connectivity index (χ2v) is 5.90. The molecule has 2 aromatic carbocycles. The summed E-state index contributed by atoms with van der Waals surface area (Å²) < 4.78 is 1.80. The highest BCUT2D eigenvalue weighted by atomic mass is 16.5. The minimum Gasteiger partial charge on any atom is -0.805 e. The summed E-state index contributed by atoms with van der Waals surface area (Å²) in [4.78, 5) is 13.2. The molecule has 0 saturated heterocycles. The van der Waals surface area contributed by atoms with Crippen LogP contribution in [0, 0.1) is 24.0 Å². The molecule has 3 rings (SSSR count). The topological polar surface area (TPSA) is 51.0 Å². The van der Waals surface area contributed by atoms with Gasteiger partial charge in [-0.05, 0) is 44.5 Å². The predicted molar refractivity (Wildman–Crippen MR) is 96.3 cm³/mol. The first kappa shape index (κ1) is 16.0. The van der Waals surface area contributed by atoms with Crippen LogP contribution in [-0.2, 0) is 6.42 Å². The van der Waals surface area contributed by atoms with Crippen LogP contribution in [0.3, 0.4) is 0 Å². The lowest BCUT2D eigenvalue weighted by Gasteiger charge is -2.20. The predicted octanol–water partition coefficient (Wildman–Crippen LogP) is 4.26. The zero-order valence-electron chi connectivity index (χ0n) is 14.1. The van der Waals surface area contributed by atoms with Crippen LogP contribution in [0.5, 0.6) is 0 Å². The largest absolute Gasteiger partial charge is 0.805 e. The number of aromatic nitrogens is 2. The van der Waals surface area contributed by atoms with Crippen molar-refractivity contribution >= 4 is 0 Å². The summed E-state index contributed by atoms with van der Waals surface area (Å²) in [5.74, 6) is 0. The lowest BCUT2D eigenvalue weighted by molar-refractivity contribution is -0.471. The zero-order valence-corrected chi connectivity index (χ0v) is 14.1. The fourth-order valence-electron chi connectivity index (χ4n) is 3.00. The van der Waals surface area contributed by atoms with Gasteiger partial charge in [0.1, 0.15) is 0 Å². The maximum Gasteiger partial charge on any atom is 0.289 e. The molecule has 1 heterocycles. The van der Waals surface area contributed by atoms with Gasteiger partial charge in [0.25, 0.3) is 11.4 Å². The second kappa shape index (κ2) is 6.32. The standard InChI is InChI=1S/C20H20N2O2/c1-4-18-20(16-8-6-5-7-9-16)22(24)19(15(3)21(18)23)17-12-10-14(2)11-13-17/h5-13H,4H2,1-3H3. The Hall–Kier alpha value is -2.88. The molecule has 24 heavy (non-hydrogen) atoms. The maximum absolute atomic E-state index is 13.2. The van der Waals surface area contributed by atoms with Crippen molar-refractivity contribution in [2.45, 2.75) is 27.2 Å². The van der Waals surface area contributed by atoms with Crippen molar-refractivity contribution in [1.82, 2.24) is 4.73 Å². The van der Waals surface area contributed by atoms with Gasteiger partial charge in [-0.1, -0.05) is 42.8 Å². The van der Waals surface area contributed by atoms with E-state index in [4.69, 9.17) is 0 Å². The number of aryl methyl sites for hydroxylation is 1. The first-order valence-corrected chi connectivity index (χ1v) is 8.05. The minimum atomic E-state index is 0.404. The molecule has 0 aliphatic heterocycles. The third kappa shape index (κ3) is 2.60. The maximum atomic E-state index is 13.2. The highest BCUT2D eigenvalue weighted by Gasteiger charge is 2.27. The van der Waals surface area contributed by atoms with Gasteiger partial charge >= 0.3 is 0 Å². The molecule has 122 valence electrons. The van der Waals surface area contributed by atoms with Gasteiger partial charge in [0.05, 0.1) is 26.9 Å². The minimum absolute atomic E-state index is 0.404. The quantitative estimate of drug-likeness (QED) is 0.677. The molecule has 4 heteroatoms. The Labute approximate surface area is 141 Å². The average Bonchev–Trinajstić information content (AvgIpc) is 2.60. The van der Waals surface area contributed by atoms with E-state index in [1.165, 1.54) is 0 Å². The van der Waals surface area contributed by atoms with E-state index in [0.717, 1.165) is 25.8 Å². The molecule has 0 bridgehead atoms. The first-order valence-electron chi connectivity index (χ1n) is 8.05. The summed E-state index contributed by atoms with van der Waals surface area (Å²) in [6.45, 7) is 5.58. The van der Waals surface area contributed by atoms with Gasteiger partial charge in [-0.3, -0.25) is 0 Å². The fraction of sp³-hybridized carbons (Fsp3) is 0.200. The van der Waals surface area contributed by atoms with E-state index in [2.05, 4.69) is 0 Å². The highest BCUT2D eigenvalue weighted by Crippen LogP contribution is 2.26. The van der Waals surface area contributed by atoms with Gasteiger partial charge in [0.15, 0.2) is 0 Å². The zero-order chi connectivity index (χ0) is 17.3. The molecule has 0 fully saturated rings. The Bertz CT molecular complexity index is 927. The van der Waals surface area contributed by atoms with Crippen LogP contribution in [0.1, 0.15) is 23.9 Å². The van der Waals surface area contributed by atoms with Gasteiger partial charge in [0.2, 0.25) is 0 Å². The molecule has 0 aliphatic carbocycles. The van der Waals surface area contributed by atoms with Crippen LogP contribution in [0.15, 0.2) is 54.6 Å². The summed E-state index contributed by atoms with van der Waals surface area (Å²) in [5, 5.41) is 12.8. The van der Waals surface area contributed by atoms with Crippen molar-refractivity contribution in [2.24, 2.45) is 0 Å². The molecule has 0 aliphatic rings. The monoisotopic (exact) mass is 320 g/mol. The average molecular weight is 320 g/mol. The van der Waals surface area contributed by atoms with Gasteiger partial charge in [-0.25, -0.2) is 0 Å². The van der Waals surface area contributed by atoms with Crippen LogP contribution in [-0.4, -0.2) is 4.73 Å². The summed E-state index contributed by atoms with van der Waals surface area (Å²) in [6.07, 6.45) is 0.491. The Kier molecular flexibility index (Phi) is 4.21. The van der Waals surface area contributed by atoms with E-state index in [0.29, 0.717) is 29.2 Å². The summed E-state index contributed by atoms with van der Waals surface area (Å²) >= 11 is 0. The van der Waals surface area contributed by atoms with Crippen LogP contribution < -0.4 is 4.43 Å². The molecule has 1 aromatic heterocycles. The third-order valence-electron chi connectivity index (χ3n) is 4.28. The summed E-state index contributed by atoms with van der Waals surface area (Å²) in [5.41, 5.74) is 4.35. The van der Waals surface area contributed by atoms with Gasteiger partial charge in [-0.15, -0.1) is 0 Å². The van der Waals surface area contributed by atoms with Crippen LogP contribution in [0.4, 0.5) is 0 Å². The summed E-state index contributed by atoms with van der Waals surface area (Å²) in [7, 11) is 0. The number of nitrogens with zero attached hydrogens (tertiary/aromatic N) is 2. The third-order valence-corrected chi connectivity index (χ3v) is 4.28. The van der Waals surface area contributed by atoms with Crippen LogP contribution in [0.25, 0.3) is 22.5 Å². The van der Waals surface area contributed by atoms with E-state index in [1.807, 2.05) is 68.4 Å². The molecule has 0 spiro atoms. The van der Waals surface area contributed by atoms with Crippen molar-refractivity contribution in [2.75, 3.05) is 0 Å². The van der Waals surface area contributed by atoms with Crippen molar-refractivity contribution in [3.05, 3.63) is 81.7 Å². The first-order chi connectivity index (χ1) is 11.5. The van der Waals surface area contributed by atoms with Crippen LogP contribution in [0.2, 0.25) is 0 Å². The smallest absolute Gasteiger partial charge is 0.289 e. The summed E-state index contributed by atoms with van der Waals surface area (Å²) in [6, 6.07) is 17.0. The molecule has 3 aromatic rings. The van der Waals surface area contributed by atoms with Crippen molar-refractivity contribution < 1.29 is 4.43 Å². The number of hydrogen-bond acceptors (Lipinski definition) is 2. The van der Waals surface area contributed by atoms with E-state index < -0.39 is 0 Å².